The molecule has 0 unspecified atom stereocenters. The number of hydrogen-bond donors (Lipinski definition) is 1. The molecule has 0 saturated heterocycles. The van der Waals surface area contributed by atoms with Crippen LogP contribution in [0.25, 0.3) is 0 Å². The highest BCUT2D eigenvalue weighted by molar-refractivity contribution is 7.92. The minimum atomic E-state index is -3.61. The lowest BCUT2D eigenvalue weighted by Crippen LogP contribution is -2.41. The van der Waals surface area contributed by atoms with Gasteiger partial charge in [-0.25, -0.2) is 13.2 Å². The molecule has 22 heavy (non-hydrogen) atoms. The number of rotatable bonds is 6. The SMILES string of the molecule is COC(=O)c1ccc(N(CC(=O)NC2CC2)S(C)(=O)=O)cc1. The number of hydrogen-bond acceptors (Lipinski definition) is 5. The fourth-order valence-corrected chi connectivity index (χ4v) is 2.77. The zero-order chi connectivity index (χ0) is 16.3. The minimum Gasteiger partial charge on any atom is -0.465 e. The van der Waals surface area contributed by atoms with Crippen LogP contribution < -0.4 is 9.62 Å². The molecule has 0 bridgehead atoms. The Kier molecular flexibility index (Phi) is 4.70. The Bertz CT molecular complexity index is 665. The maximum Gasteiger partial charge on any atom is 0.337 e. The second kappa shape index (κ2) is 6.35. The van der Waals surface area contributed by atoms with Crippen molar-refractivity contribution in [3.8, 4) is 0 Å². The summed E-state index contributed by atoms with van der Waals surface area (Å²) in [6.07, 6.45) is 2.89. The van der Waals surface area contributed by atoms with E-state index in [2.05, 4.69) is 10.1 Å². The number of amides is 1. The minimum absolute atomic E-state index is 0.163. The summed E-state index contributed by atoms with van der Waals surface area (Å²) < 4.78 is 29.4. The molecule has 0 aliphatic heterocycles. The van der Waals surface area contributed by atoms with Crippen molar-refractivity contribution in [2.45, 2.75) is 18.9 Å². The Hall–Kier alpha value is -2.09. The molecule has 2 rings (SSSR count). The van der Waals surface area contributed by atoms with Gasteiger partial charge in [0.05, 0.1) is 24.6 Å². The zero-order valence-electron chi connectivity index (χ0n) is 12.4. The molecule has 0 heterocycles. The van der Waals surface area contributed by atoms with E-state index in [0.29, 0.717) is 11.3 Å². The smallest absolute Gasteiger partial charge is 0.337 e. The van der Waals surface area contributed by atoms with Gasteiger partial charge in [-0.05, 0) is 37.1 Å². The van der Waals surface area contributed by atoms with Crippen molar-refractivity contribution < 1.29 is 22.7 Å². The average molecular weight is 326 g/mol. The fraction of sp³-hybridized carbons (Fsp3) is 0.429. The summed E-state index contributed by atoms with van der Waals surface area (Å²) >= 11 is 0. The molecule has 1 amide bonds. The van der Waals surface area contributed by atoms with Crippen LogP contribution in [-0.4, -0.2) is 46.2 Å². The number of carbonyl (C=O) groups is 2. The first kappa shape index (κ1) is 16.3. The van der Waals surface area contributed by atoms with Crippen molar-refractivity contribution in [2.75, 3.05) is 24.2 Å². The van der Waals surface area contributed by atoms with Gasteiger partial charge in [0.1, 0.15) is 6.54 Å². The average Bonchev–Trinajstić information content (AvgIpc) is 3.27. The van der Waals surface area contributed by atoms with Crippen molar-refractivity contribution in [3.05, 3.63) is 29.8 Å². The van der Waals surface area contributed by atoms with Gasteiger partial charge in [0.2, 0.25) is 15.9 Å². The first-order chi connectivity index (χ1) is 10.3. The molecule has 1 aromatic rings. The number of nitrogens with one attached hydrogen (secondary N) is 1. The molecule has 1 aliphatic rings. The lowest BCUT2D eigenvalue weighted by Gasteiger charge is -2.22. The number of benzene rings is 1. The predicted octanol–water partition coefficient (Wildman–Crippen LogP) is 0.518. The number of ether oxygens (including phenoxy) is 1. The van der Waals surface area contributed by atoms with E-state index in [0.717, 1.165) is 23.4 Å². The lowest BCUT2D eigenvalue weighted by molar-refractivity contribution is -0.119. The normalized spacial score (nSPS) is 14.3. The first-order valence-electron chi connectivity index (χ1n) is 6.76. The summed E-state index contributed by atoms with van der Waals surface area (Å²) in [5.74, 6) is -0.853. The highest BCUT2D eigenvalue weighted by atomic mass is 32.2. The van der Waals surface area contributed by atoms with Crippen molar-refractivity contribution in [1.29, 1.82) is 0 Å². The van der Waals surface area contributed by atoms with E-state index >= 15 is 0 Å². The number of anilines is 1. The highest BCUT2D eigenvalue weighted by Crippen LogP contribution is 2.20. The molecule has 0 atom stereocenters. The van der Waals surface area contributed by atoms with Gasteiger partial charge in [-0.1, -0.05) is 0 Å². The molecule has 1 aromatic carbocycles. The van der Waals surface area contributed by atoms with Crippen molar-refractivity contribution in [1.82, 2.24) is 5.32 Å². The lowest BCUT2D eigenvalue weighted by atomic mass is 10.2. The summed E-state index contributed by atoms with van der Waals surface area (Å²) in [7, 11) is -2.35. The second-order valence-electron chi connectivity index (χ2n) is 5.15. The summed E-state index contributed by atoms with van der Waals surface area (Å²) in [4.78, 5) is 23.2. The van der Waals surface area contributed by atoms with Crippen molar-refractivity contribution in [3.63, 3.8) is 0 Å². The summed E-state index contributed by atoms with van der Waals surface area (Å²) in [6, 6.07) is 6.02. The van der Waals surface area contributed by atoms with E-state index in [4.69, 9.17) is 0 Å². The Morgan fingerprint density at radius 1 is 1.27 bits per heavy atom. The molecule has 8 heteroatoms. The standard InChI is InChI=1S/C14H18N2O5S/c1-21-14(18)10-3-7-12(8-4-10)16(22(2,19)20)9-13(17)15-11-5-6-11/h3-4,7-8,11H,5-6,9H2,1-2H3,(H,15,17). The van der Waals surface area contributed by atoms with E-state index in [1.165, 1.54) is 31.4 Å². The number of esters is 1. The van der Waals surface area contributed by atoms with E-state index in [-0.39, 0.29) is 18.5 Å². The molecule has 1 N–H and O–H groups in total. The van der Waals surface area contributed by atoms with Crippen LogP contribution in [0.2, 0.25) is 0 Å². The van der Waals surface area contributed by atoms with Crippen LogP contribution in [0.1, 0.15) is 23.2 Å². The van der Waals surface area contributed by atoms with Crippen LogP contribution in [0.4, 0.5) is 5.69 Å². The van der Waals surface area contributed by atoms with Crippen LogP contribution in [0, 0.1) is 0 Å². The van der Waals surface area contributed by atoms with E-state index < -0.39 is 16.0 Å². The van der Waals surface area contributed by atoms with Crippen LogP contribution in [0.15, 0.2) is 24.3 Å². The monoisotopic (exact) mass is 326 g/mol. The molecule has 0 aromatic heterocycles. The van der Waals surface area contributed by atoms with Gasteiger partial charge in [0.15, 0.2) is 0 Å². The van der Waals surface area contributed by atoms with Gasteiger partial charge < -0.3 is 10.1 Å². The molecule has 1 aliphatic carbocycles. The topological polar surface area (TPSA) is 92.8 Å². The molecular weight excluding hydrogens is 308 g/mol. The Morgan fingerprint density at radius 3 is 2.32 bits per heavy atom. The molecule has 7 nitrogen and oxygen atoms in total. The van der Waals surface area contributed by atoms with E-state index in [1.807, 2.05) is 0 Å². The third-order valence-corrected chi connectivity index (χ3v) is 4.35. The molecule has 120 valence electrons. The summed E-state index contributed by atoms with van der Waals surface area (Å²) in [5, 5.41) is 2.75. The number of nitrogens with zero attached hydrogens (tertiary/aromatic N) is 1. The fourth-order valence-electron chi connectivity index (χ4n) is 1.91. The number of methoxy groups -OCH3 is 1. The van der Waals surface area contributed by atoms with Gasteiger partial charge >= 0.3 is 5.97 Å². The van der Waals surface area contributed by atoms with Crippen LogP contribution >= 0.6 is 0 Å². The maximum absolute atomic E-state index is 11.9. The van der Waals surface area contributed by atoms with Gasteiger partial charge in [-0.3, -0.25) is 9.10 Å². The Labute approximate surface area is 129 Å². The van der Waals surface area contributed by atoms with Crippen LogP contribution in [0.5, 0.6) is 0 Å². The Balaban J connectivity index is 2.17. The van der Waals surface area contributed by atoms with Crippen LogP contribution in [-0.2, 0) is 19.6 Å². The van der Waals surface area contributed by atoms with Crippen molar-refractivity contribution in [2.24, 2.45) is 0 Å². The number of sulfonamides is 1. The van der Waals surface area contributed by atoms with Gasteiger partial charge in [-0.2, -0.15) is 0 Å². The molecule has 1 fully saturated rings. The zero-order valence-corrected chi connectivity index (χ0v) is 13.2. The third kappa shape index (κ3) is 4.20. The third-order valence-electron chi connectivity index (χ3n) is 3.21. The van der Waals surface area contributed by atoms with Gasteiger partial charge in [-0.15, -0.1) is 0 Å². The quantitative estimate of drug-likeness (QED) is 0.769. The summed E-state index contributed by atoms with van der Waals surface area (Å²) in [6.45, 7) is -0.285. The van der Waals surface area contributed by atoms with E-state index in [1.54, 1.807) is 0 Å². The Morgan fingerprint density at radius 2 is 1.86 bits per heavy atom. The maximum atomic E-state index is 11.9. The van der Waals surface area contributed by atoms with Crippen LogP contribution in [0.3, 0.4) is 0 Å². The van der Waals surface area contributed by atoms with Gasteiger partial charge in [0.25, 0.3) is 0 Å². The highest BCUT2D eigenvalue weighted by Gasteiger charge is 2.26. The molecular formula is C14H18N2O5S. The predicted molar refractivity (Wildman–Crippen MR) is 81.1 cm³/mol. The first-order valence-corrected chi connectivity index (χ1v) is 8.61. The summed E-state index contributed by atoms with van der Waals surface area (Å²) in [5.41, 5.74) is 0.628. The number of carbonyl (C=O) groups excluding carboxylic acids is 2. The van der Waals surface area contributed by atoms with Crippen molar-refractivity contribution >= 4 is 27.6 Å². The second-order valence-corrected chi connectivity index (χ2v) is 7.06. The largest absolute Gasteiger partial charge is 0.465 e. The molecule has 1 saturated carbocycles. The van der Waals surface area contributed by atoms with E-state index in [9.17, 15) is 18.0 Å². The van der Waals surface area contributed by atoms with Gasteiger partial charge in [0, 0.05) is 6.04 Å². The molecule has 0 radical (unpaired) electrons. The molecule has 0 spiro atoms.